The van der Waals surface area contributed by atoms with Crippen LogP contribution in [0.5, 0.6) is 0 Å². The molecule has 19 heavy (non-hydrogen) atoms. The Kier molecular flexibility index (Phi) is 4.17. The van der Waals surface area contributed by atoms with E-state index in [1.807, 2.05) is 11.9 Å². The molecule has 1 saturated carbocycles. The van der Waals surface area contributed by atoms with Crippen LogP contribution in [0.3, 0.4) is 0 Å². The molecule has 0 atom stereocenters. The zero-order chi connectivity index (χ0) is 13.9. The van der Waals surface area contributed by atoms with Gasteiger partial charge in [0.2, 0.25) is 0 Å². The molecule has 0 spiro atoms. The van der Waals surface area contributed by atoms with Crippen LogP contribution >= 0.6 is 0 Å². The summed E-state index contributed by atoms with van der Waals surface area (Å²) in [6.45, 7) is 1.05. The Morgan fingerprint density at radius 2 is 2.00 bits per heavy atom. The fourth-order valence-electron chi connectivity index (χ4n) is 2.86. The van der Waals surface area contributed by atoms with E-state index in [0.717, 1.165) is 25.7 Å². The van der Waals surface area contributed by atoms with Crippen molar-refractivity contribution in [1.82, 2.24) is 4.90 Å². The van der Waals surface area contributed by atoms with Crippen LogP contribution in [0.2, 0.25) is 0 Å². The molecule has 1 N–H and O–H groups in total. The zero-order valence-corrected chi connectivity index (χ0v) is 11.2. The first kappa shape index (κ1) is 14.0. The first-order valence-electron chi connectivity index (χ1n) is 6.63. The minimum Gasteiger partial charge on any atom is -0.389 e. The second kappa shape index (κ2) is 5.67. The van der Waals surface area contributed by atoms with E-state index >= 15 is 0 Å². The van der Waals surface area contributed by atoms with E-state index in [1.165, 1.54) is 6.07 Å². The number of hydrogen-bond donors (Lipinski definition) is 1. The van der Waals surface area contributed by atoms with E-state index in [-0.39, 0.29) is 10.6 Å². The maximum atomic E-state index is 10.9. The smallest absolute Gasteiger partial charge is 0.273 e. The lowest BCUT2D eigenvalue weighted by atomic mass is 10.0. The number of benzene rings is 1. The van der Waals surface area contributed by atoms with Gasteiger partial charge in [-0.3, -0.25) is 15.0 Å². The number of nitro benzene ring substituents is 1. The Labute approximate surface area is 113 Å². The molecule has 0 aromatic heterocycles. The molecule has 1 aromatic carbocycles. The molecule has 104 valence electrons. The molecule has 0 saturated heterocycles. The average Bonchev–Trinajstić information content (AvgIpc) is 2.75. The molecule has 0 unspecified atom stereocenters. The Morgan fingerprint density at radius 1 is 1.37 bits per heavy atom. The second-order valence-electron chi connectivity index (χ2n) is 5.49. The lowest BCUT2D eigenvalue weighted by molar-refractivity contribution is -0.385. The molecule has 1 aromatic rings. The summed E-state index contributed by atoms with van der Waals surface area (Å²) < 4.78 is 0. The highest BCUT2D eigenvalue weighted by Crippen LogP contribution is 2.30. The molecule has 0 radical (unpaired) electrons. The van der Waals surface area contributed by atoms with Gasteiger partial charge in [-0.2, -0.15) is 0 Å². The highest BCUT2D eigenvalue weighted by Gasteiger charge is 2.32. The average molecular weight is 264 g/mol. The Bertz CT molecular complexity index is 456. The number of nitro groups is 1. The summed E-state index contributed by atoms with van der Waals surface area (Å²) in [6.07, 6.45) is 3.79. The van der Waals surface area contributed by atoms with E-state index in [4.69, 9.17) is 0 Å². The highest BCUT2D eigenvalue weighted by atomic mass is 16.6. The predicted molar refractivity (Wildman–Crippen MR) is 72.8 cm³/mol. The number of nitrogens with zero attached hydrogens (tertiary/aromatic N) is 2. The van der Waals surface area contributed by atoms with E-state index in [1.54, 1.807) is 18.2 Å². The van der Waals surface area contributed by atoms with Gasteiger partial charge in [-0.25, -0.2) is 0 Å². The van der Waals surface area contributed by atoms with Gasteiger partial charge in [-0.05, 0) is 19.9 Å². The molecule has 0 heterocycles. The lowest BCUT2D eigenvalue weighted by Crippen LogP contribution is -2.38. The lowest BCUT2D eigenvalue weighted by Gasteiger charge is -2.28. The van der Waals surface area contributed by atoms with Crippen molar-refractivity contribution in [2.75, 3.05) is 13.6 Å². The van der Waals surface area contributed by atoms with Gasteiger partial charge in [0.25, 0.3) is 5.69 Å². The van der Waals surface area contributed by atoms with E-state index < -0.39 is 5.60 Å². The van der Waals surface area contributed by atoms with Gasteiger partial charge < -0.3 is 5.11 Å². The molecular formula is C14H20N2O3. The fraction of sp³-hybridized carbons (Fsp3) is 0.571. The van der Waals surface area contributed by atoms with Crippen LogP contribution < -0.4 is 0 Å². The summed E-state index contributed by atoms with van der Waals surface area (Å²) in [6, 6.07) is 6.77. The summed E-state index contributed by atoms with van der Waals surface area (Å²) in [7, 11) is 1.90. The molecule has 1 aliphatic rings. The van der Waals surface area contributed by atoms with Crippen molar-refractivity contribution < 1.29 is 10.0 Å². The van der Waals surface area contributed by atoms with Crippen molar-refractivity contribution in [3.05, 3.63) is 39.9 Å². The third kappa shape index (κ3) is 3.52. The number of hydrogen-bond acceptors (Lipinski definition) is 4. The van der Waals surface area contributed by atoms with Crippen LogP contribution in [-0.4, -0.2) is 34.1 Å². The van der Waals surface area contributed by atoms with Crippen LogP contribution in [0, 0.1) is 10.1 Å². The Morgan fingerprint density at radius 3 is 2.63 bits per heavy atom. The molecule has 0 amide bonds. The van der Waals surface area contributed by atoms with Gasteiger partial charge in [-0.1, -0.05) is 31.0 Å². The summed E-state index contributed by atoms with van der Waals surface area (Å²) in [5, 5.41) is 21.3. The van der Waals surface area contributed by atoms with E-state index in [0.29, 0.717) is 18.7 Å². The van der Waals surface area contributed by atoms with Crippen LogP contribution in [0.15, 0.2) is 24.3 Å². The molecule has 0 bridgehead atoms. The number of aliphatic hydroxyl groups is 1. The van der Waals surface area contributed by atoms with Crippen molar-refractivity contribution in [1.29, 1.82) is 0 Å². The molecule has 1 fully saturated rings. The van der Waals surface area contributed by atoms with Crippen molar-refractivity contribution in [3.63, 3.8) is 0 Å². The first-order chi connectivity index (χ1) is 9.00. The summed E-state index contributed by atoms with van der Waals surface area (Å²) in [5.41, 5.74) is 0.225. The number of rotatable bonds is 5. The van der Waals surface area contributed by atoms with Gasteiger partial charge in [0.05, 0.1) is 10.5 Å². The minimum atomic E-state index is -0.613. The van der Waals surface area contributed by atoms with E-state index in [2.05, 4.69) is 0 Å². The molecule has 5 nitrogen and oxygen atoms in total. The molecule has 1 aliphatic carbocycles. The number of para-hydroxylation sites is 1. The van der Waals surface area contributed by atoms with Gasteiger partial charge in [0, 0.05) is 24.7 Å². The first-order valence-corrected chi connectivity index (χ1v) is 6.63. The molecule has 2 rings (SSSR count). The third-order valence-corrected chi connectivity index (χ3v) is 3.73. The third-order valence-electron chi connectivity index (χ3n) is 3.73. The monoisotopic (exact) mass is 264 g/mol. The SMILES string of the molecule is CN(Cc1ccccc1[N+](=O)[O-])CC1(O)CCCC1. The fourth-order valence-corrected chi connectivity index (χ4v) is 2.86. The Hall–Kier alpha value is -1.46. The normalized spacial score (nSPS) is 17.8. The van der Waals surface area contributed by atoms with Crippen molar-refractivity contribution in [2.45, 2.75) is 37.8 Å². The van der Waals surface area contributed by atoms with E-state index in [9.17, 15) is 15.2 Å². The predicted octanol–water partition coefficient (Wildman–Crippen LogP) is 2.33. The van der Waals surface area contributed by atoms with Gasteiger partial charge in [0.15, 0.2) is 0 Å². The van der Waals surface area contributed by atoms with Crippen LogP contribution in [0.25, 0.3) is 0 Å². The Balaban J connectivity index is 2.02. The van der Waals surface area contributed by atoms with Crippen molar-refractivity contribution in [3.8, 4) is 0 Å². The largest absolute Gasteiger partial charge is 0.389 e. The van der Waals surface area contributed by atoms with Gasteiger partial charge >= 0.3 is 0 Å². The van der Waals surface area contributed by atoms with Crippen molar-refractivity contribution >= 4 is 5.69 Å². The topological polar surface area (TPSA) is 66.6 Å². The van der Waals surface area contributed by atoms with Crippen LogP contribution in [0.1, 0.15) is 31.2 Å². The molecular weight excluding hydrogens is 244 g/mol. The molecule has 5 heteroatoms. The summed E-state index contributed by atoms with van der Waals surface area (Å²) in [5.74, 6) is 0. The quantitative estimate of drug-likeness (QED) is 0.654. The number of likely N-dealkylation sites (N-methyl/N-ethyl adjacent to an activating group) is 1. The second-order valence-corrected chi connectivity index (χ2v) is 5.49. The van der Waals surface area contributed by atoms with Gasteiger partial charge in [-0.15, -0.1) is 0 Å². The standard InChI is InChI=1S/C14H20N2O3/c1-15(11-14(17)8-4-5-9-14)10-12-6-2-3-7-13(12)16(18)19/h2-3,6-7,17H,4-5,8-11H2,1H3. The maximum Gasteiger partial charge on any atom is 0.273 e. The van der Waals surface area contributed by atoms with Gasteiger partial charge in [0.1, 0.15) is 0 Å². The van der Waals surface area contributed by atoms with Crippen LogP contribution in [-0.2, 0) is 6.54 Å². The van der Waals surface area contributed by atoms with Crippen LogP contribution in [0.4, 0.5) is 5.69 Å². The highest BCUT2D eigenvalue weighted by molar-refractivity contribution is 5.39. The molecule has 0 aliphatic heterocycles. The summed E-state index contributed by atoms with van der Waals surface area (Å²) in [4.78, 5) is 12.6. The zero-order valence-electron chi connectivity index (χ0n) is 11.2. The van der Waals surface area contributed by atoms with Crippen molar-refractivity contribution in [2.24, 2.45) is 0 Å². The summed E-state index contributed by atoms with van der Waals surface area (Å²) >= 11 is 0. The minimum absolute atomic E-state index is 0.146. The maximum absolute atomic E-state index is 10.9.